The molecule has 66 valence electrons. The molecule has 13 heavy (non-hydrogen) atoms. The van der Waals surface area contributed by atoms with Crippen LogP contribution in [0.3, 0.4) is 0 Å². The number of ether oxygens (including phenoxy) is 1. The normalized spacial score (nSPS) is 24.3. The van der Waals surface area contributed by atoms with E-state index in [2.05, 4.69) is 11.2 Å². The average molecular weight is 175 g/mol. The molecular formula is C10H11N2O+. The maximum atomic E-state index is 5.64. The van der Waals surface area contributed by atoms with E-state index in [1.54, 1.807) is 0 Å². The molecule has 1 unspecified atom stereocenters. The second-order valence-corrected chi connectivity index (χ2v) is 3.44. The summed E-state index contributed by atoms with van der Waals surface area (Å²) in [5, 5.41) is 4.41. The van der Waals surface area contributed by atoms with Crippen LogP contribution in [0.1, 0.15) is 5.56 Å². The van der Waals surface area contributed by atoms with Gasteiger partial charge < -0.3 is 4.74 Å². The topological polar surface area (TPSA) is 38.2 Å². The highest BCUT2D eigenvalue weighted by Gasteiger charge is 2.32. The lowest BCUT2D eigenvalue weighted by Crippen LogP contribution is -2.76. The van der Waals surface area contributed by atoms with Crippen LogP contribution in [0.25, 0.3) is 0 Å². The number of fused-ring (bicyclic) bond motifs is 3. The number of hydrogen-bond acceptors (Lipinski definition) is 2. The van der Waals surface area contributed by atoms with Crippen molar-refractivity contribution in [2.75, 3.05) is 13.2 Å². The van der Waals surface area contributed by atoms with E-state index in [0.29, 0.717) is 5.92 Å². The van der Waals surface area contributed by atoms with Crippen LogP contribution in [0.15, 0.2) is 29.4 Å². The first-order valence-corrected chi connectivity index (χ1v) is 4.57. The Morgan fingerprint density at radius 1 is 1.38 bits per heavy atom. The molecule has 1 aromatic carbocycles. The zero-order valence-corrected chi connectivity index (χ0v) is 7.23. The molecule has 0 fully saturated rings. The summed E-state index contributed by atoms with van der Waals surface area (Å²) in [5.74, 6) is 1.47. The summed E-state index contributed by atoms with van der Waals surface area (Å²) in [6, 6.07) is 8.12. The van der Waals surface area contributed by atoms with Crippen molar-refractivity contribution in [2.24, 2.45) is 11.0 Å². The van der Waals surface area contributed by atoms with Gasteiger partial charge >= 0.3 is 0 Å². The third kappa shape index (κ3) is 0.971. The van der Waals surface area contributed by atoms with Gasteiger partial charge in [0.25, 0.3) is 0 Å². The van der Waals surface area contributed by atoms with Gasteiger partial charge in [-0.2, -0.15) is 0 Å². The third-order valence-electron chi connectivity index (χ3n) is 2.61. The minimum Gasteiger partial charge on any atom is -0.492 e. The molecule has 0 saturated heterocycles. The SMILES string of the molecule is c1ccc2c(c1)OCC1C[NH2+]N=C21. The number of para-hydroxylation sites is 1. The molecule has 0 saturated carbocycles. The maximum absolute atomic E-state index is 5.64. The molecule has 2 heterocycles. The van der Waals surface area contributed by atoms with Crippen LogP contribution in [-0.4, -0.2) is 18.9 Å². The van der Waals surface area contributed by atoms with Gasteiger partial charge in [-0.3, -0.25) is 0 Å². The number of benzene rings is 1. The van der Waals surface area contributed by atoms with Gasteiger partial charge in [0, 0.05) is 5.56 Å². The Morgan fingerprint density at radius 3 is 3.31 bits per heavy atom. The lowest BCUT2D eigenvalue weighted by molar-refractivity contribution is -0.655. The Kier molecular flexibility index (Phi) is 1.40. The quantitative estimate of drug-likeness (QED) is 0.553. The molecule has 1 aromatic rings. The van der Waals surface area contributed by atoms with Crippen molar-refractivity contribution >= 4 is 5.71 Å². The van der Waals surface area contributed by atoms with Crippen LogP contribution < -0.4 is 10.2 Å². The lowest BCUT2D eigenvalue weighted by Gasteiger charge is -2.20. The van der Waals surface area contributed by atoms with Crippen LogP contribution in [0.4, 0.5) is 0 Å². The van der Waals surface area contributed by atoms with Crippen molar-refractivity contribution in [2.45, 2.75) is 0 Å². The molecule has 0 aliphatic carbocycles. The largest absolute Gasteiger partial charge is 0.492 e. The van der Waals surface area contributed by atoms with Crippen LogP contribution >= 0.6 is 0 Å². The summed E-state index contributed by atoms with van der Waals surface area (Å²) in [6.07, 6.45) is 0. The molecule has 3 rings (SSSR count). The molecule has 1 atom stereocenters. The van der Waals surface area contributed by atoms with E-state index < -0.39 is 0 Å². The number of rotatable bonds is 0. The van der Waals surface area contributed by atoms with E-state index in [9.17, 15) is 0 Å². The smallest absolute Gasteiger partial charge is 0.128 e. The highest BCUT2D eigenvalue weighted by Crippen LogP contribution is 2.27. The predicted molar refractivity (Wildman–Crippen MR) is 48.8 cm³/mol. The van der Waals surface area contributed by atoms with Crippen molar-refractivity contribution < 1.29 is 10.2 Å². The Morgan fingerprint density at radius 2 is 2.31 bits per heavy atom. The van der Waals surface area contributed by atoms with Crippen LogP contribution in [0, 0.1) is 5.92 Å². The standard InChI is InChI=1S/C10H10N2O/c1-2-4-9-8(3-1)10-7(6-13-9)5-11-12-10/h1-4,7,11H,5-6H2/p+1. The van der Waals surface area contributed by atoms with Crippen molar-refractivity contribution in [3.63, 3.8) is 0 Å². The molecule has 2 N–H and O–H groups in total. The minimum atomic E-state index is 0.495. The third-order valence-corrected chi connectivity index (χ3v) is 2.61. The van der Waals surface area contributed by atoms with Gasteiger partial charge in [-0.15, -0.1) is 0 Å². The number of quaternary nitrogens is 1. The fourth-order valence-corrected chi connectivity index (χ4v) is 1.93. The molecular weight excluding hydrogens is 164 g/mol. The van der Waals surface area contributed by atoms with E-state index in [1.807, 2.05) is 23.6 Å². The minimum absolute atomic E-state index is 0.495. The van der Waals surface area contributed by atoms with Gasteiger partial charge in [0.05, 0.1) is 5.92 Å². The van der Waals surface area contributed by atoms with Gasteiger partial charge in [0.15, 0.2) is 0 Å². The first-order valence-electron chi connectivity index (χ1n) is 4.57. The van der Waals surface area contributed by atoms with Gasteiger partial charge in [-0.25, -0.2) is 5.43 Å². The number of nitrogens with zero attached hydrogens (tertiary/aromatic N) is 1. The maximum Gasteiger partial charge on any atom is 0.128 e. The highest BCUT2D eigenvalue weighted by atomic mass is 16.5. The Labute approximate surface area is 76.4 Å². The van der Waals surface area contributed by atoms with E-state index in [0.717, 1.165) is 18.9 Å². The molecule has 0 bridgehead atoms. The monoisotopic (exact) mass is 175 g/mol. The lowest BCUT2D eigenvalue weighted by atomic mass is 9.95. The second kappa shape index (κ2) is 2.57. The van der Waals surface area contributed by atoms with Crippen LogP contribution in [0.5, 0.6) is 5.75 Å². The fourth-order valence-electron chi connectivity index (χ4n) is 1.93. The summed E-state index contributed by atoms with van der Waals surface area (Å²) in [7, 11) is 0. The van der Waals surface area contributed by atoms with Crippen molar-refractivity contribution in [1.29, 1.82) is 0 Å². The molecule has 3 nitrogen and oxygen atoms in total. The Bertz CT molecular complexity index is 373. The van der Waals surface area contributed by atoms with Gasteiger partial charge in [-0.1, -0.05) is 17.2 Å². The first kappa shape index (κ1) is 7.09. The second-order valence-electron chi connectivity index (χ2n) is 3.44. The Balaban J connectivity index is 2.15. The van der Waals surface area contributed by atoms with Gasteiger partial charge in [-0.05, 0) is 12.1 Å². The van der Waals surface area contributed by atoms with E-state index in [-0.39, 0.29) is 0 Å². The fraction of sp³-hybridized carbons (Fsp3) is 0.300. The number of hydrogen-bond donors (Lipinski definition) is 1. The molecule has 0 amide bonds. The predicted octanol–water partition coefficient (Wildman–Crippen LogP) is -0.0237. The molecule has 0 spiro atoms. The summed E-state index contributed by atoms with van der Waals surface area (Å²) in [6.45, 7) is 1.82. The zero-order valence-electron chi connectivity index (χ0n) is 7.23. The van der Waals surface area contributed by atoms with Crippen molar-refractivity contribution in [3.05, 3.63) is 29.8 Å². The van der Waals surface area contributed by atoms with Crippen molar-refractivity contribution in [1.82, 2.24) is 0 Å². The van der Waals surface area contributed by atoms with Gasteiger partial charge in [0.1, 0.15) is 24.6 Å². The van der Waals surface area contributed by atoms with Crippen molar-refractivity contribution in [3.8, 4) is 5.75 Å². The summed E-state index contributed by atoms with van der Waals surface area (Å²) in [5.41, 5.74) is 4.38. The van der Waals surface area contributed by atoms with Crippen LogP contribution in [0.2, 0.25) is 0 Å². The molecule has 0 radical (unpaired) electrons. The van der Waals surface area contributed by atoms with E-state index >= 15 is 0 Å². The molecule has 2 aliphatic heterocycles. The summed E-state index contributed by atoms with van der Waals surface area (Å²) >= 11 is 0. The molecule has 0 aromatic heterocycles. The summed E-state index contributed by atoms with van der Waals surface area (Å²) < 4.78 is 5.64. The Hall–Kier alpha value is -1.35. The average Bonchev–Trinajstić information content (AvgIpc) is 2.65. The number of nitrogens with two attached hydrogens (primary N) is 1. The zero-order chi connectivity index (χ0) is 8.67. The molecule has 2 aliphatic rings. The summed E-state index contributed by atoms with van der Waals surface area (Å²) in [4.78, 5) is 0. The van der Waals surface area contributed by atoms with Gasteiger partial charge in [0.2, 0.25) is 0 Å². The first-order chi connectivity index (χ1) is 6.45. The van der Waals surface area contributed by atoms with E-state index in [4.69, 9.17) is 4.74 Å². The van der Waals surface area contributed by atoms with Crippen LogP contribution in [-0.2, 0) is 0 Å². The molecule has 3 heteroatoms. The van der Waals surface area contributed by atoms with E-state index in [1.165, 1.54) is 11.3 Å². The highest BCUT2D eigenvalue weighted by molar-refractivity contribution is 6.05.